The van der Waals surface area contributed by atoms with Crippen molar-refractivity contribution in [2.75, 3.05) is 12.1 Å². The second-order valence-corrected chi connectivity index (χ2v) is 7.87. The highest BCUT2D eigenvalue weighted by Gasteiger charge is 2.37. The predicted molar refractivity (Wildman–Crippen MR) is 108 cm³/mol. The number of amides is 1. The molecule has 11 heteroatoms. The van der Waals surface area contributed by atoms with Crippen molar-refractivity contribution in [3.8, 4) is 5.75 Å². The van der Waals surface area contributed by atoms with Crippen LogP contribution in [0.15, 0.2) is 27.3 Å². The van der Waals surface area contributed by atoms with Crippen molar-refractivity contribution >= 4 is 61.9 Å². The Morgan fingerprint density at radius 1 is 1.07 bits per heavy atom. The molecular formula is C18H9BrF5IN2O2. The third-order valence-corrected chi connectivity index (χ3v) is 5.26. The predicted octanol–water partition coefficient (Wildman–Crippen LogP) is 5.56. The van der Waals surface area contributed by atoms with Crippen LogP contribution in [-0.4, -0.2) is 18.7 Å². The fraction of sp³-hybridized carbons (Fsp3) is 0.111. The highest BCUT2D eigenvalue weighted by Crippen LogP contribution is 2.36. The molecule has 2 aromatic carbocycles. The van der Waals surface area contributed by atoms with Gasteiger partial charge in [-0.15, -0.1) is 0 Å². The lowest BCUT2D eigenvalue weighted by Crippen LogP contribution is -2.25. The Morgan fingerprint density at radius 3 is 2.17 bits per heavy atom. The summed E-state index contributed by atoms with van der Waals surface area (Å²) in [6, 6.07) is 3.40. The molecule has 3 rings (SSSR count). The number of hydrogen-bond donors (Lipinski definition) is 0. The monoisotopic (exact) mass is 586 g/mol. The first-order valence-electron chi connectivity index (χ1n) is 7.74. The normalized spacial score (nSPS) is 15.3. The Labute approximate surface area is 183 Å². The SMILES string of the molecule is COc1c(I)cc(Br)cc1/C=C1\C(=O)N(c2c(F)c(F)c(F)c(F)c2F)N=C1C. The molecule has 0 N–H and O–H groups in total. The van der Waals surface area contributed by atoms with Crippen LogP contribution < -0.4 is 9.75 Å². The summed E-state index contributed by atoms with van der Waals surface area (Å²) in [5.41, 5.74) is -1.06. The number of ether oxygens (including phenoxy) is 1. The third kappa shape index (κ3) is 3.65. The number of hydrazone groups is 1. The van der Waals surface area contributed by atoms with Crippen LogP contribution in [0.25, 0.3) is 6.08 Å². The number of halogens is 7. The number of hydrogen-bond acceptors (Lipinski definition) is 3. The fourth-order valence-electron chi connectivity index (χ4n) is 2.67. The second kappa shape index (κ2) is 8.01. The molecule has 0 radical (unpaired) electrons. The van der Waals surface area contributed by atoms with E-state index in [1.165, 1.54) is 20.1 Å². The Bertz CT molecular complexity index is 1090. The van der Waals surface area contributed by atoms with Gasteiger partial charge in [0.05, 0.1) is 22.0 Å². The van der Waals surface area contributed by atoms with E-state index in [0.29, 0.717) is 19.4 Å². The molecule has 1 amide bonds. The van der Waals surface area contributed by atoms with E-state index in [4.69, 9.17) is 4.74 Å². The Hall–Kier alpha value is -2.02. The van der Waals surface area contributed by atoms with Crippen molar-refractivity contribution in [2.45, 2.75) is 6.92 Å². The van der Waals surface area contributed by atoms with Crippen LogP contribution in [0.3, 0.4) is 0 Å². The number of benzene rings is 2. The van der Waals surface area contributed by atoms with Gasteiger partial charge in [-0.25, -0.2) is 22.0 Å². The van der Waals surface area contributed by atoms with E-state index in [-0.39, 0.29) is 16.3 Å². The van der Waals surface area contributed by atoms with Gasteiger partial charge in [-0.2, -0.15) is 10.1 Å². The van der Waals surface area contributed by atoms with E-state index < -0.39 is 40.7 Å². The molecule has 1 aliphatic rings. The van der Waals surface area contributed by atoms with Crippen LogP contribution in [0, 0.1) is 32.7 Å². The average Bonchev–Trinajstić information content (AvgIpc) is 2.93. The number of anilines is 1. The highest BCUT2D eigenvalue weighted by atomic mass is 127. The standard InChI is InChI=1S/C18H9BrF5IN2O2/c1-6-9(4-7-3-8(19)5-10(25)17(7)29-2)18(28)27(26-6)16-14(23)12(21)11(20)13(22)15(16)24/h3-5H,1-2H3/b9-4-. The summed E-state index contributed by atoms with van der Waals surface area (Å²) < 4.78 is 75.2. The molecule has 0 saturated carbocycles. The minimum atomic E-state index is -2.32. The molecule has 0 aliphatic carbocycles. The molecule has 0 bridgehead atoms. The second-order valence-electron chi connectivity index (χ2n) is 5.79. The lowest BCUT2D eigenvalue weighted by atomic mass is 10.1. The van der Waals surface area contributed by atoms with Crippen molar-refractivity contribution in [2.24, 2.45) is 5.10 Å². The summed E-state index contributed by atoms with van der Waals surface area (Å²) >= 11 is 5.33. The van der Waals surface area contributed by atoms with E-state index >= 15 is 0 Å². The Morgan fingerprint density at radius 2 is 1.62 bits per heavy atom. The van der Waals surface area contributed by atoms with Crippen LogP contribution in [0.5, 0.6) is 5.75 Å². The van der Waals surface area contributed by atoms with E-state index in [1.54, 1.807) is 12.1 Å². The molecule has 1 aliphatic heterocycles. The van der Waals surface area contributed by atoms with E-state index in [0.717, 1.165) is 0 Å². The molecular weight excluding hydrogens is 578 g/mol. The van der Waals surface area contributed by atoms with Crippen molar-refractivity contribution in [1.29, 1.82) is 0 Å². The lowest BCUT2D eigenvalue weighted by Gasteiger charge is -2.15. The van der Waals surface area contributed by atoms with Crippen LogP contribution in [0.1, 0.15) is 12.5 Å². The molecule has 0 aromatic heterocycles. The minimum Gasteiger partial charge on any atom is -0.495 e. The molecule has 1 heterocycles. The lowest BCUT2D eigenvalue weighted by molar-refractivity contribution is -0.114. The first-order valence-corrected chi connectivity index (χ1v) is 9.61. The maximum absolute atomic E-state index is 14.1. The van der Waals surface area contributed by atoms with Gasteiger partial charge in [0.15, 0.2) is 23.3 Å². The van der Waals surface area contributed by atoms with Gasteiger partial charge in [0.2, 0.25) is 5.82 Å². The van der Waals surface area contributed by atoms with Crippen molar-refractivity contribution in [3.63, 3.8) is 0 Å². The molecule has 0 fully saturated rings. The number of carbonyl (C=O) groups is 1. The number of rotatable bonds is 3. The molecule has 0 atom stereocenters. The van der Waals surface area contributed by atoms with Gasteiger partial charge < -0.3 is 4.74 Å². The molecule has 29 heavy (non-hydrogen) atoms. The van der Waals surface area contributed by atoms with Gasteiger partial charge >= 0.3 is 0 Å². The fourth-order valence-corrected chi connectivity index (χ4v) is 4.44. The number of nitrogens with zero attached hydrogens (tertiary/aromatic N) is 2. The van der Waals surface area contributed by atoms with Crippen molar-refractivity contribution < 1.29 is 31.5 Å². The van der Waals surface area contributed by atoms with Gasteiger partial charge in [-0.1, -0.05) is 15.9 Å². The summed E-state index contributed by atoms with van der Waals surface area (Å²) in [6.45, 7) is 1.37. The van der Waals surface area contributed by atoms with Crippen LogP contribution in [0.2, 0.25) is 0 Å². The zero-order valence-electron chi connectivity index (χ0n) is 14.6. The van der Waals surface area contributed by atoms with E-state index in [2.05, 4.69) is 21.0 Å². The van der Waals surface area contributed by atoms with E-state index in [1.807, 2.05) is 22.6 Å². The molecule has 2 aromatic rings. The van der Waals surface area contributed by atoms with Crippen molar-refractivity contribution in [3.05, 3.63) is 60.4 Å². The van der Waals surface area contributed by atoms with Gasteiger partial charge in [-0.05, 0) is 47.7 Å². The zero-order chi connectivity index (χ0) is 21.6. The highest BCUT2D eigenvalue weighted by molar-refractivity contribution is 14.1. The van der Waals surface area contributed by atoms with Crippen molar-refractivity contribution in [1.82, 2.24) is 0 Å². The first-order chi connectivity index (χ1) is 13.6. The molecule has 4 nitrogen and oxygen atoms in total. The Balaban J connectivity index is 2.14. The summed E-state index contributed by atoms with van der Waals surface area (Å²) in [5, 5.41) is 3.85. The molecule has 0 unspecified atom stereocenters. The summed E-state index contributed by atoms with van der Waals surface area (Å²) in [7, 11) is 1.42. The zero-order valence-corrected chi connectivity index (χ0v) is 18.3. The third-order valence-electron chi connectivity index (χ3n) is 4.00. The summed E-state index contributed by atoms with van der Waals surface area (Å²) in [6.07, 6.45) is 1.36. The maximum Gasteiger partial charge on any atom is 0.280 e. The Kier molecular flexibility index (Phi) is 5.99. The van der Waals surface area contributed by atoms with Crippen LogP contribution in [-0.2, 0) is 4.79 Å². The smallest absolute Gasteiger partial charge is 0.280 e. The van der Waals surface area contributed by atoms with Gasteiger partial charge in [0, 0.05) is 10.0 Å². The average molecular weight is 587 g/mol. The topological polar surface area (TPSA) is 41.9 Å². The largest absolute Gasteiger partial charge is 0.495 e. The summed E-state index contributed by atoms with van der Waals surface area (Å²) in [5.74, 6) is -11.6. The van der Waals surface area contributed by atoms with Gasteiger partial charge in [0.25, 0.3) is 5.91 Å². The number of methoxy groups -OCH3 is 1. The maximum atomic E-state index is 14.1. The van der Waals surface area contributed by atoms with Gasteiger partial charge in [-0.3, -0.25) is 4.79 Å². The van der Waals surface area contributed by atoms with Gasteiger partial charge in [0.1, 0.15) is 11.4 Å². The summed E-state index contributed by atoms with van der Waals surface area (Å²) in [4.78, 5) is 12.7. The molecule has 0 spiro atoms. The molecule has 152 valence electrons. The molecule has 0 saturated heterocycles. The minimum absolute atomic E-state index is 0.0241. The number of carbonyl (C=O) groups excluding carboxylic acids is 1. The first kappa shape index (κ1) is 21.7. The van der Waals surface area contributed by atoms with Crippen LogP contribution >= 0.6 is 38.5 Å². The van der Waals surface area contributed by atoms with Crippen LogP contribution in [0.4, 0.5) is 27.6 Å². The quantitative estimate of drug-likeness (QED) is 0.155. The van der Waals surface area contributed by atoms with E-state index in [9.17, 15) is 26.7 Å².